The highest BCUT2D eigenvalue weighted by molar-refractivity contribution is 14.1. The van der Waals surface area contributed by atoms with Gasteiger partial charge in [-0.1, -0.05) is 0 Å². The highest BCUT2D eigenvalue weighted by Crippen LogP contribution is 2.47. The molecule has 2 unspecified atom stereocenters. The van der Waals surface area contributed by atoms with Crippen LogP contribution >= 0.6 is 136 Å². The van der Waals surface area contributed by atoms with Gasteiger partial charge in [0.2, 0.25) is 0 Å². The average molecular weight is 1050 g/mol. The first-order valence-corrected chi connectivity index (χ1v) is 13.7. The molecule has 0 aromatic heterocycles. The largest absolute Gasteiger partial charge is 0.506 e. The van der Waals surface area contributed by atoms with Crippen molar-refractivity contribution in [2.24, 2.45) is 0 Å². The smallest absolute Gasteiger partial charge is 0.151 e. The van der Waals surface area contributed by atoms with Crippen LogP contribution in [0.5, 0.6) is 23.0 Å². The fourth-order valence-corrected chi connectivity index (χ4v) is 10.7. The maximum atomic E-state index is 10.5. The van der Waals surface area contributed by atoms with Crippen LogP contribution in [0.3, 0.4) is 0 Å². The van der Waals surface area contributed by atoms with Gasteiger partial charge in [0.1, 0.15) is 23.4 Å². The molecule has 0 aliphatic carbocycles. The first-order valence-electron chi connectivity index (χ1n) is 7.23. The van der Waals surface area contributed by atoms with Crippen LogP contribution in [-0.2, 0) is 0 Å². The quantitative estimate of drug-likeness (QED) is 0.259. The molecule has 5 nitrogen and oxygen atoms in total. The first kappa shape index (κ1) is 25.2. The van der Waals surface area contributed by atoms with E-state index in [1.165, 1.54) is 0 Å². The van der Waals surface area contributed by atoms with Gasteiger partial charge in [0.15, 0.2) is 5.75 Å². The van der Waals surface area contributed by atoms with Crippen molar-refractivity contribution in [2.75, 3.05) is 0 Å². The predicted molar refractivity (Wildman–Crippen MR) is 154 cm³/mol. The highest BCUT2D eigenvalue weighted by atomic mass is 127. The molecule has 0 amide bonds. The van der Waals surface area contributed by atoms with Crippen LogP contribution in [0.15, 0.2) is 0 Å². The summed E-state index contributed by atoms with van der Waals surface area (Å²) in [5, 5.41) is 41.2. The molecule has 0 aliphatic rings. The van der Waals surface area contributed by atoms with E-state index in [4.69, 9.17) is 4.74 Å². The summed E-state index contributed by atoms with van der Waals surface area (Å²) in [6.45, 7) is 3.45. The predicted octanol–water partition coefficient (Wildman–Crippen LogP) is 6.62. The van der Waals surface area contributed by atoms with Crippen LogP contribution in [0.25, 0.3) is 0 Å². The van der Waals surface area contributed by atoms with E-state index in [9.17, 15) is 20.4 Å². The standard InChI is InChI=1S/C16H12I6O5/c1-3(23)5-7(17)15(26)12(22)16(10(5)20)27-4(2)6-8(18)13(24)11(21)14(25)9(6)19/h3-4,23-26H,1-2H3. The van der Waals surface area contributed by atoms with Gasteiger partial charge >= 0.3 is 0 Å². The number of aromatic hydroxyl groups is 3. The maximum Gasteiger partial charge on any atom is 0.151 e. The SMILES string of the molecule is CC(O)c1c(I)c(O)c(I)c(OC(C)c2c(I)c(O)c(I)c(O)c2I)c1I. The Morgan fingerprint density at radius 2 is 1.04 bits per heavy atom. The summed E-state index contributed by atoms with van der Waals surface area (Å²) in [6, 6.07) is 0. The molecule has 0 saturated carbocycles. The van der Waals surface area contributed by atoms with Crippen molar-refractivity contribution in [1.82, 2.24) is 0 Å². The molecule has 0 radical (unpaired) electrons. The third-order valence-electron chi connectivity index (χ3n) is 3.71. The Hall–Kier alpha value is 1.98. The number of phenolic OH excluding ortho intramolecular Hbond substituents is 3. The van der Waals surface area contributed by atoms with E-state index in [1.807, 2.05) is 120 Å². The number of hydrogen-bond acceptors (Lipinski definition) is 5. The number of ether oxygens (including phenoxy) is 1. The van der Waals surface area contributed by atoms with Crippen molar-refractivity contribution in [3.63, 3.8) is 0 Å². The van der Waals surface area contributed by atoms with E-state index in [0.717, 1.165) is 0 Å². The molecule has 0 fully saturated rings. The lowest BCUT2D eigenvalue weighted by atomic mass is 10.1. The lowest BCUT2D eigenvalue weighted by molar-refractivity contribution is 0.191. The zero-order chi connectivity index (χ0) is 20.8. The number of benzene rings is 2. The minimum Gasteiger partial charge on any atom is -0.506 e. The van der Waals surface area contributed by atoms with Crippen molar-refractivity contribution >= 4 is 136 Å². The molecule has 0 aliphatic heterocycles. The van der Waals surface area contributed by atoms with Gasteiger partial charge in [-0.05, 0) is 149 Å². The van der Waals surface area contributed by atoms with Crippen molar-refractivity contribution in [3.8, 4) is 23.0 Å². The third kappa shape index (κ3) is 4.92. The number of aliphatic hydroxyl groups is 1. The van der Waals surface area contributed by atoms with Gasteiger partial charge in [0.25, 0.3) is 0 Å². The van der Waals surface area contributed by atoms with Crippen molar-refractivity contribution in [3.05, 3.63) is 32.5 Å². The van der Waals surface area contributed by atoms with Crippen molar-refractivity contribution < 1.29 is 25.2 Å². The lowest BCUT2D eigenvalue weighted by Gasteiger charge is -2.24. The van der Waals surface area contributed by atoms with Crippen LogP contribution in [0.4, 0.5) is 0 Å². The Bertz CT molecular complexity index is 886. The zero-order valence-corrected chi connectivity index (χ0v) is 26.6. The van der Waals surface area contributed by atoms with E-state index in [-0.39, 0.29) is 17.2 Å². The molecule has 148 valence electrons. The molecule has 4 N–H and O–H groups in total. The number of aliphatic hydroxyl groups excluding tert-OH is 1. The fourth-order valence-electron chi connectivity index (χ4n) is 2.37. The molecule has 27 heavy (non-hydrogen) atoms. The number of phenols is 3. The van der Waals surface area contributed by atoms with E-state index in [1.54, 1.807) is 6.92 Å². The normalized spacial score (nSPS) is 13.5. The average Bonchev–Trinajstić information content (AvgIpc) is 2.60. The van der Waals surface area contributed by atoms with E-state index < -0.39 is 12.2 Å². The molecular weight excluding hydrogens is 1030 g/mol. The zero-order valence-electron chi connectivity index (χ0n) is 13.6. The number of hydrogen-bond donors (Lipinski definition) is 4. The minimum atomic E-state index is -0.768. The fraction of sp³-hybridized carbons (Fsp3) is 0.250. The minimum absolute atomic E-state index is 0.0130. The molecule has 2 rings (SSSR count). The summed E-state index contributed by atoms with van der Waals surface area (Å²) >= 11 is 12.1. The molecule has 0 spiro atoms. The van der Waals surface area contributed by atoms with Crippen LogP contribution in [0, 0.1) is 21.4 Å². The molecule has 11 heteroatoms. The van der Waals surface area contributed by atoms with Crippen LogP contribution in [0.2, 0.25) is 0 Å². The lowest BCUT2D eigenvalue weighted by Crippen LogP contribution is -2.12. The Balaban J connectivity index is 2.63. The summed E-state index contributed by atoms with van der Waals surface area (Å²) in [4.78, 5) is 0. The van der Waals surface area contributed by atoms with E-state index in [0.29, 0.717) is 38.3 Å². The second-order valence-electron chi connectivity index (χ2n) is 5.52. The number of rotatable bonds is 4. The van der Waals surface area contributed by atoms with Crippen molar-refractivity contribution in [2.45, 2.75) is 26.1 Å². The second-order valence-corrected chi connectivity index (χ2v) is 12.0. The van der Waals surface area contributed by atoms with Gasteiger partial charge in [-0.25, -0.2) is 0 Å². The Labute approximate surface area is 238 Å². The number of halogens is 6. The molecule has 0 bridgehead atoms. The molecule has 2 aromatic rings. The van der Waals surface area contributed by atoms with Gasteiger partial charge < -0.3 is 25.2 Å². The van der Waals surface area contributed by atoms with Crippen LogP contribution in [0.1, 0.15) is 37.2 Å². The Kier molecular flexibility index (Phi) is 9.41. The summed E-state index contributed by atoms with van der Waals surface area (Å²) in [5.41, 5.74) is 1.27. The van der Waals surface area contributed by atoms with Crippen molar-refractivity contribution in [1.29, 1.82) is 0 Å². The van der Waals surface area contributed by atoms with Gasteiger partial charge in [0, 0.05) is 11.1 Å². The molecule has 0 saturated heterocycles. The Morgan fingerprint density at radius 1 is 0.630 bits per heavy atom. The first-order chi connectivity index (χ1) is 12.4. The maximum absolute atomic E-state index is 10.5. The molecular formula is C16H12I6O5. The summed E-state index contributed by atoms with van der Waals surface area (Å²) in [5.74, 6) is 0.548. The molecule has 2 aromatic carbocycles. The summed E-state index contributed by atoms with van der Waals surface area (Å²) in [6.07, 6.45) is -1.28. The highest BCUT2D eigenvalue weighted by Gasteiger charge is 2.28. The van der Waals surface area contributed by atoms with Crippen LogP contribution in [-0.4, -0.2) is 20.4 Å². The van der Waals surface area contributed by atoms with Gasteiger partial charge in [-0.15, -0.1) is 0 Å². The van der Waals surface area contributed by atoms with E-state index >= 15 is 0 Å². The van der Waals surface area contributed by atoms with Crippen LogP contribution < -0.4 is 4.74 Å². The van der Waals surface area contributed by atoms with Gasteiger partial charge in [-0.3, -0.25) is 0 Å². The molecule has 0 heterocycles. The summed E-state index contributed by atoms with van der Waals surface area (Å²) < 4.78 is 9.61. The van der Waals surface area contributed by atoms with E-state index in [2.05, 4.69) is 22.6 Å². The second kappa shape index (κ2) is 10.1. The monoisotopic (exact) mass is 1050 g/mol. The van der Waals surface area contributed by atoms with Gasteiger partial charge in [0.05, 0.1) is 27.5 Å². The molecule has 2 atom stereocenters. The third-order valence-corrected chi connectivity index (χ3v) is 10.1. The Morgan fingerprint density at radius 3 is 1.48 bits per heavy atom. The summed E-state index contributed by atoms with van der Waals surface area (Å²) in [7, 11) is 0. The topological polar surface area (TPSA) is 90.2 Å². The van der Waals surface area contributed by atoms with Gasteiger partial charge in [-0.2, -0.15) is 0 Å².